The fourth-order valence-electron chi connectivity index (χ4n) is 2.40. The maximum atomic E-state index is 8.87. The summed E-state index contributed by atoms with van der Waals surface area (Å²) in [6.07, 6.45) is 1.96. The smallest absolute Gasteiger partial charge is 0.123 e. The van der Waals surface area contributed by atoms with Crippen molar-refractivity contribution >= 4 is 0 Å². The van der Waals surface area contributed by atoms with E-state index in [-0.39, 0.29) is 5.92 Å². The van der Waals surface area contributed by atoms with Crippen molar-refractivity contribution in [2.75, 3.05) is 32.8 Å². The van der Waals surface area contributed by atoms with E-state index in [0.717, 1.165) is 44.0 Å². The molecular weight excluding hydrogens is 252 g/mol. The zero-order valence-corrected chi connectivity index (χ0v) is 12.0. The molecule has 0 atom stereocenters. The molecule has 4 heteroatoms. The first-order valence-electron chi connectivity index (χ1n) is 7.29. The van der Waals surface area contributed by atoms with Crippen molar-refractivity contribution in [3.8, 4) is 17.6 Å². The standard InChI is InChI=1S/C16H22N2O2/c1-2-19-15-4-3-5-16(12-15)20-11-10-18-8-6-14(13-17)7-9-18/h3-5,12,14H,2,6-11H2,1H3. The third-order valence-corrected chi connectivity index (χ3v) is 3.56. The average Bonchev–Trinajstić information content (AvgIpc) is 2.49. The molecule has 0 aromatic heterocycles. The third kappa shape index (κ3) is 4.43. The molecule has 1 aromatic rings. The summed E-state index contributed by atoms with van der Waals surface area (Å²) in [5.74, 6) is 1.94. The number of piperidine rings is 1. The zero-order valence-electron chi connectivity index (χ0n) is 12.0. The van der Waals surface area contributed by atoms with Crippen LogP contribution < -0.4 is 9.47 Å². The van der Waals surface area contributed by atoms with Crippen LogP contribution >= 0.6 is 0 Å². The van der Waals surface area contributed by atoms with Crippen LogP contribution in [0.25, 0.3) is 0 Å². The molecule has 1 aliphatic rings. The van der Waals surface area contributed by atoms with Gasteiger partial charge in [-0.05, 0) is 45.0 Å². The third-order valence-electron chi connectivity index (χ3n) is 3.56. The first-order chi connectivity index (χ1) is 9.81. The molecule has 0 unspecified atom stereocenters. The molecule has 0 bridgehead atoms. The van der Waals surface area contributed by atoms with E-state index >= 15 is 0 Å². The Kier molecular flexibility index (Phi) is 5.69. The largest absolute Gasteiger partial charge is 0.494 e. The van der Waals surface area contributed by atoms with E-state index in [9.17, 15) is 0 Å². The van der Waals surface area contributed by atoms with E-state index in [4.69, 9.17) is 14.7 Å². The van der Waals surface area contributed by atoms with E-state index in [1.165, 1.54) is 0 Å². The van der Waals surface area contributed by atoms with Crippen LogP contribution in [0.1, 0.15) is 19.8 Å². The van der Waals surface area contributed by atoms with Crippen molar-refractivity contribution < 1.29 is 9.47 Å². The van der Waals surface area contributed by atoms with Crippen molar-refractivity contribution in [3.63, 3.8) is 0 Å². The van der Waals surface area contributed by atoms with Gasteiger partial charge >= 0.3 is 0 Å². The van der Waals surface area contributed by atoms with Gasteiger partial charge in [0.15, 0.2) is 0 Å². The van der Waals surface area contributed by atoms with Crippen LogP contribution in [0.4, 0.5) is 0 Å². The fraction of sp³-hybridized carbons (Fsp3) is 0.562. The molecule has 0 aliphatic carbocycles. The molecule has 2 rings (SSSR count). The summed E-state index contributed by atoms with van der Waals surface area (Å²) < 4.78 is 11.2. The van der Waals surface area contributed by atoms with Gasteiger partial charge in [0, 0.05) is 18.5 Å². The highest BCUT2D eigenvalue weighted by atomic mass is 16.5. The minimum absolute atomic E-state index is 0.245. The van der Waals surface area contributed by atoms with E-state index < -0.39 is 0 Å². The molecule has 20 heavy (non-hydrogen) atoms. The summed E-state index contributed by atoms with van der Waals surface area (Å²) in [6.45, 7) is 6.22. The molecule has 108 valence electrons. The molecule has 1 saturated heterocycles. The van der Waals surface area contributed by atoms with Gasteiger partial charge in [-0.25, -0.2) is 0 Å². The van der Waals surface area contributed by atoms with Crippen LogP contribution in [-0.2, 0) is 0 Å². The van der Waals surface area contributed by atoms with E-state index in [1.807, 2.05) is 31.2 Å². The Morgan fingerprint density at radius 3 is 2.60 bits per heavy atom. The molecular formula is C16H22N2O2. The minimum atomic E-state index is 0.245. The van der Waals surface area contributed by atoms with E-state index in [2.05, 4.69) is 11.0 Å². The molecule has 0 saturated carbocycles. The molecule has 0 spiro atoms. The average molecular weight is 274 g/mol. The quantitative estimate of drug-likeness (QED) is 0.800. The van der Waals surface area contributed by atoms with Gasteiger partial charge < -0.3 is 9.47 Å². The molecule has 1 aliphatic heterocycles. The summed E-state index contributed by atoms with van der Waals surface area (Å²) in [4.78, 5) is 2.36. The number of nitriles is 1. The summed E-state index contributed by atoms with van der Waals surface area (Å²) in [7, 11) is 0. The monoisotopic (exact) mass is 274 g/mol. The zero-order chi connectivity index (χ0) is 14.2. The number of rotatable bonds is 6. The van der Waals surface area contributed by atoms with Gasteiger partial charge in [0.05, 0.1) is 12.7 Å². The maximum absolute atomic E-state index is 8.87. The number of nitrogens with zero attached hydrogens (tertiary/aromatic N) is 2. The van der Waals surface area contributed by atoms with Crippen molar-refractivity contribution in [3.05, 3.63) is 24.3 Å². The Morgan fingerprint density at radius 2 is 1.95 bits per heavy atom. The van der Waals surface area contributed by atoms with Gasteiger partial charge in [-0.3, -0.25) is 4.90 Å². The van der Waals surface area contributed by atoms with Crippen molar-refractivity contribution in [2.24, 2.45) is 5.92 Å². The van der Waals surface area contributed by atoms with Gasteiger partial charge in [-0.15, -0.1) is 0 Å². The predicted molar refractivity (Wildman–Crippen MR) is 77.9 cm³/mol. The first-order valence-corrected chi connectivity index (χ1v) is 7.29. The van der Waals surface area contributed by atoms with Gasteiger partial charge in [0.2, 0.25) is 0 Å². The normalized spacial score (nSPS) is 16.6. The topological polar surface area (TPSA) is 45.5 Å². The molecule has 4 nitrogen and oxygen atoms in total. The Hall–Kier alpha value is -1.73. The van der Waals surface area contributed by atoms with Crippen LogP contribution in [0.5, 0.6) is 11.5 Å². The molecule has 0 amide bonds. The number of hydrogen-bond acceptors (Lipinski definition) is 4. The number of benzene rings is 1. The summed E-state index contributed by atoms with van der Waals surface area (Å²) in [5, 5.41) is 8.87. The minimum Gasteiger partial charge on any atom is -0.494 e. The van der Waals surface area contributed by atoms with Crippen LogP contribution in [0.3, 0.4) is 0 Å². The summed E-state index contributed by atoms with van der Waals surface area (Å²) >= 11 is 0. The Bertz CT molecular complexity index is 448. The number of ether oxygens (including phenoxy) is 2. The van der Waals surface area contributed by atoms with Crippen molar-refractivity contribution in [2.45, 2.75) is 19.8 Å². The second-order valence-corrected chi connectivity index (χ2v) is 5.00. The summed E-state index contributed by atoms with van der Waals surface area (Å²) in [6, 6.07) is 10.1. The van der Waals surface area contributed by atoms with Crippen molar-refractivity contribution in [1.29, 1.82) is 5.26 Å². The van der Waals surface area contributed by atoms with Crippen LogP contribution in [-0.4, -0.2) is 37.7 Å². The lowest BCUT2D eigenvalue weighted by Crippen LogP contribution is -2.36. The second kappa shape index (κ2) is 7.76. The molecule has 1 heterocycles. The van der Waals surface area contributed by atoms with Crippen LogP contribution in [0.15, 0.2) is 24.3 Å². The Labute approximate surface area is 120 Å². The Balaban J connectivity index is 1.71. The van der Waals surface area contributed by atoms with Crippen molar-refractivity contribution in [1.82, 2.24) is 4.90 Å². The molecule has 0 radical (unpaired) electrons. The van der Waals surface area contributed by atoms with E-state index in [1.54, 1.807) is 0 Å². The SMILES string of the molecule is CCOc1cccc(OCCN2CCC(C#N)CC2)c1. The van der Waals surface area contributed by atoms with E-state index in [0.29, 0.717) is 13.2 Å². The Morgan fingerprint density at radius 1 is 1.25 bits per heavy atom. The maximum Gasteiger partial charge on any atom is 0.123 e. The lowest BCUT2D eigenvalue weighted by atomic mass is 9.99. The lowest BCUT2D eigenvalue weighted by molar-refractivity contribution is 0.169. The lowest BCUT2D eigenvalue weighted by Gasteiger charge is -2.28. The fourth-order valence-corrected chi connectivity index (χ4v) is 2.40. The second-order valence-electron chi connectivity index (χ2n) is 5.00. The highest BCUT2D eigenvalue weighted by Gasteiger charge is 2.18. The van der Waals surface area contributed by atoms with Crippen LogP contribution in [0, 0.1) is 17.2 Å². The predicted octanol–water partition coefficient (Wildman–Crippen LogP) is 2.70. The number of likely N-dealkylation sites (tertiary alicyclic amines) is 1. The van der Waals surface area contributed by atoms with Crippen LogP contribution in [0.2, 0.25) is 0 Å². The van der Waals surface area contributed by atoms with Gasteiger partial charge in [0.1, 0.15) is 18.1 Å². The molecule has 1 fully saturated rings. The first kappa shape index (κ1) is 14.7. The highest BCUT2D eigenvalue weighted by molar-refractivity contribution is 5.32. The highest BCUT2D eigenvalue weighted by Crippen LogP contribution is 2.20. The van der Waals surface area contributed by atoms with Gasteiger partial charge in [-0.1, -0.05) is 6.07 Å². The van der Waals surface area contributed by atoms with Gasteiger partial charge in [-0.2, -0.15) is 5.26 Å². The van der Waals surface area contributed by atoms with Gasteiger partial charge in [0.25, 0.3) is 0 Å². The molecule has 0 N–H and O–H groups in total. The number of hydrogen-bond donors (Lipinski definition) is 0. The summed E-state index contributed by atoms with van der Waals surface area (Å²) in [5.41, 5.74) is 0. The molecule has 1 aromatic carbocycles.